The number of carbonyl (C=O) groups is 1. The van der Waals surface area contributed by atoms with Crippen LogP contribution in [0, 0.1) is 0 Å². The highest BCUT2D eigenvalue weighted by Crippen LogP contribution is 2.12. The van der Waals surface area contributed by atoms with Gasteiger partial charge in [-0.3, -0.25) is 9.69 Å². The Labute approximate surface area is 76.2 Å². The van der Waals surface area contributed by atoms with E-state index >= 15 is 0 Å². The fraction of sp³-hybridized carbons (Fsp3) is 0.444. The molecule has 1 saturated heterocycles. The van der Waals surface area contributed by atoms with Gasteiger partial charge in [-0.25, -0.2) is 0 Å². The van der Waals surface area contributed by atoms with Crippen molar-refractivity contribution in [2.45, 2.75) is 12.6 Å². The van der Waals surface area contributed by atoms with Crippen LogP contribution >= 0.6 is 0 Å². The van der Waals surface area contributed by atoms with Gasteiger partial charge in [-0.05, 0) is 6.07 Å². The number of likely N-dealkylation sites (tertiary alicyclic amines) is 1. The highest BCUT2D eigenvalue weighted by Gasteiger charge is 2.24. The summed E-state index contributed by atoms with van der Waals surface area (Å²) in [7, 11) is 0. The predicted molar refractivity (Wildman–Crippen MR) is 47.5 cm³/mol. The minimum atomic E-state index is -0.166. The van der Waals surface area contributed by atoms with E-state index in [2.05, 4.69) is 9.88 Å². The van der Waals surface area contributed by atoms with Crippen molar-refractivity contribution < 1.29 is 9.90 Å². The van der Waals surface area contributed by atoms with E-state index in [0.717, 1.165) is 31.6 Å². The topological polar surface area (TPSA) is 56.3 Å². The maximum Gasteiger partial charge on any atom is 0.151 e. The number of rotatable bonds is 3. The molecule has 2 N–H and O–H groups in total. The number of aldehydes is 1. The molecule has 1 aromatic rings. The lowest BCUT2D eigenvalue weighted by Gasteiger charge is -2.35. The van der Waals surface area contributed by atoms with Gasteiger partial charge in [-0.1, -0.05) is 0 Å². The van der Waals surface area contributed by atoms with Crippen LogP contribution in [0.25, 0.3) is 0 Å². The molecule has 0 radical (unpaired) electrons. The molecular formula is C9H12N2O2. The summed E-state index contributed by atoms with van der Waals surface area (Å²) in [5.74, 6) is 0. The zero-order valence-electron chi connectivity index (χ0n) is 7.23. The van der Waals surface area contributed by atoms with Crippen LogP contribution in [0.3, 0.4) is 0 Å². The second-order valence-corrected chi connectivity index (χ2v) is 3.42. The minimum Gasteiger partial charge on any atom is -0.390 e. The van der Waals surface area contributed by atoms with Crippen LogP contribution in [0.5, 0.6) is 0 Å². The molecule has 0 aromatic carbocycles. The van der Waals surface area contributed by atoms with Gasteiger partial charge in [0.05, 0.1) is 6.10 Å². The van der Waals surface area contributed by atoms with Crippen molar-refractivity contribution in [3.05, 3.63) is 23.5 Å². The quantitative estimate of drug-likeness (QED) is 0.644. The van der Waals surface area contributed by atoms with Crippen LogP contribution in [0.15, 0.2) is 12.3 Å². The number of aromatic nitrogens is 1. The van der Waals surface area contributed by atoms with Gasteiger partial charge in [-0.2, -0.15) is 0 Å². The first-order chi connectivity index (χ1) is 6.28. The molecule has 0 amide bonds. The zero-order valence-corrected chi connectivity index (χ0v) is 7.23. The molecule has 4 heteroatoms. The lowest BCUT2D eigenvalue weighted by molar-refractivity contribution is -0.00346. The first-order valence-electron chi connectivity index (χ1n) is 4.31. The number of hydrogen-bond acceptors (Lipinski definition) is 3. The Morgan fingerprint density at radius 3 is 3.00 bits per heavy atom. The summed E-state index contributed by atoms with van der Waals surface area (Å²) in [6.07, 6.45) is 2.35. The van der Waals surface area contributed by atoms with Crippen molar-refractivity contribution >= 4 is 6.29 Å². The van der Waals surface area contributed by atoms with Crippen molar-refractivity contribution in [2.24, 2.45) is 0 Å². The average Bonchev–Trinajstić information content (AvgIpc) is 2.50. The molecule has 0 unspecified atom stereocenters. The summed E-state index contributed by atoms with van der Waals surface area (Å²) in [6, 6.07) is 1.83. The molecule has 0 aliphatic carbocycles. The van der Waals surface area contributed by atoms with E-state index in [1.54, 1.807) is 6.20 Å². The molecule has 2 rings (SSSR count). The van der Waals surface area contributed by atoms with Crippen molar-refractivity contribution in [3.63, 3.8) is 0 Å². The first-order valence-corrected chi connectivity index (χ1v) is 4.31. The smallest absolute Gasteiger partial charge is 0.151 e. The Bertz CT molecular complexity index is 302. The van der Waals surface area contributed by atoms with E-state index in [-0.39, 0.29) is 6.10 Å². The first kappa shape index (κ1) is 8.47. The Morgan fingerprint density at radius 1 is 1.69 bits per heavy atom. The second-order valence-electron chi connectivity index (χ2n) is 3.42. The molecule has 1 aromatic heterocycles. The van der Waals surface area contributed by atoms with E-state index in [4.69, 9.17) is 5.11 Å². The molecular weight excluding hydrogens is 168 g/mol. The third-order valence-corrected chi connectivity index (χ3v) is 2.23. The van der Waals surface area contributed by atoms with Gasteiger partial charge < -0.3 is 10.1 Å². The summed E-state index contributed by atoms with van der Waals surface area (Å²) >= 11 is 0. The lowest BCUT2D eigenvalue weighted by Crippen LogP contribution is -2.49. The van der Waals surface area contributed by atoms with Crippen LogP contribution in [-0.2, 0) is 6.54 Å². The van der Waals surface area contributed by atoms with E-state index in [0.29, 0.717) is 5.56 Å². The normalized spacial score (nSPS) is 18.5. The molecule has 13 heavy (non-hydrogen) atoms. The maximum absolute atomic E-state index is 10.4. The standard InChI is InChI=1S/C9H12N2O2/c12-6-7-1-8(10-2-7)3-11-4-9(13)5-11/h1-2,6,9-10,13H,3-5H2. The fourth-order valence-electron chi connectivity index (χ4n) is 1.53. The number of H-pyrrole nitrogens is 1. The predicted octanol–water partition coefficient (Wildman–Crippen LogP) is 0.00370. The molecule has 0 saturated carbocycles. The molecule has 0 spiro atoms. The number of aliphatic hydroxyl groups excluding tert-OH is 1. The average molecular weight is 180 g/mol. The van der Waals surface area contributed by atoms with Crippen molar-refractivity contribution in [2.75, 3.05) is 13.1 Å². The van der Waals surface area contributed by atoms with E-state index in [9.17, 15) is 4.79 Å². The van der Waals surface area contributed by atoms with Crippen molar-refractivity contribution in [1.82, 2.24) is 9.88 Å². The number of β-amino-alcohol motifs (C(OH)–C–C–N with tert-alkyl or cyclic N) is 1. The van der Waals surface area contributed by atoms with Crippen molar-refractivity contribution in [1.29, 1.82) is 0 Å². The Morgan fingerprint density at radius 2 is 2.46 bits per heavy atom. The summed E-state index contributed by atoms with van der Waals surface area (Å²) in [5.41, 5.74) is 1.70. The van der Waals surface area contributed by atoms with Crippen LogP contribution in [0.2, 0.25) is 0 Å². The van der Waals surface area contributed by atoms with Crippen LogP contribution in [-0.4, -0.2) is 40.5 Å². The zero-order chi connectivity index (χ0) is 9.26. The molecule has 0 atom stereocenters. The molecule has 0 bridgehead atoms. The molecule has 1 fully saturated rings. The molecule has 1 aliphatic rings. The fourth-order valence-corrected chi connectivity index (χ4v) is 1.53. The summed E-state index contributed by atoms with van der Waals surface area (Å²) < 4.78 is 0. The number of nitrogens with zero attached hydrogens (tertiary/aromatic N) is 1. The van der Waals surface area contributed by atoms with E-state index in [1.807, 2.05) is 6.07 Å². The number of nitrogens with one attached hydrogen (secondary N) is 1. The highest BCUT2D eigenvalue weighted by molar-refractivity contribution is 5.74. The maximum atomic E-state index is 10.4. The molecule has 1 aliphatic heterocycles. The van der Waals surface area contributed by atoms with Gasteiger partial charge in [0.1, 0.15) is 0 Å². The second kappa shape index (κ2) is 3.32. The van der Waals surface area contributed by atoms with E-state index in [1.165, 1.54) is 0 Å². The Balaban J connectivity index is 1.91. The van der Waals surface area contributed by atoms with E-state index < -0.39 is 0 Å². The lowest BCUT2D eigenvalue weighted by atomic mass is 10.1. The van der Waals surface area contributed by atoms with Crippen LogP contribution in [0.4, 0.5) is 0 Å². The van der Waals surface area contributed by atoms with Gasteiger partial charge in [0, 0.05) is 37.1 Å². The number of aliphatic hydroxyl groups is 1. The number of carbonyl (C=O) groups excluding carboxylic acids is 1. The third-order valence-electron chi connectivity index (χ3n) is 2.23. The van der Waals surface area contributed by atoms with Gasteiger partial charge in [0.25, 0.3) is 0 Å². The number of aromatic amines is 1. The van der Waals surface area contributed by atoms with Gasteiger partial charge in [0.2, 0.25) is 0 Å². The van der Waals surface area contributed by atoms with Gasteiger partial charge in [-0.15, -0.1) is 0 Å². The monoisotopic (exact) mass is 180 g/mol. The summed E-state index contributed by atoms with van der Waals surface area (Å²) in [5, 5.41) is 9.04. The Hall–Kier alpha value is -1.13. The minimum absolute atomic E-state index is 0.166. The highest BCUT2D eigenvalue weighted by atomic mass is 16.3. The van der Waals surface area contributed by atoms with Gasteiger partial charge >= 0.3 is 0 Å². The summed E-state index contributed by atoms with van der Waals surface area (Å²) in [4.78, 5) is 15.5. The van der Waals surface area contributed by atoms with Crippen molar-refractivity contribution in [3.8, 4) is 0 Å². The largest absolute Gasteiger partial charge is 0.390 e. The Kier molecular flexibility index (Phi) is 2.16. The SMILES string of the molecule is O=Cc1c[nH]c(CN2CC(O)C2)c1. The number of hydrogen-bond donors (Lipinski definition) is 2. The molecule has 4 nitrogen and oxygen atoms in total. The third kappa shape index (κ3) is 1.79. The molecule has 70 valence electrons. The van der Waals surface area contributed by atoms with Crippen LogP contribution in [0.1, 0.15) is 16.1 Å². The molecule has 2 heterocycles. The summed E-state index contributed by atoms with van der Waals surface area (Å²) in [6.45, 7) is 2.25. The van der Waals surface area contributed by atoms with Crippen LogP contribution < -0.4 is 0 Å². The van der Waals surface area contributed by atoms with Gasteiger partial charge in [0.15, 0.2) is 6.29 Å².